The molecule has 0 radical (unpaired) electrons. The van der Waals surface area contributed by atoms with E-state index in [1.807, 2.05) is 19.9 Å². The van der Waals surface area contributed by atoms with E-state index in [2.05, 4.69) is 6.07 Å². The lowest BCUT2D eigenvalue weighted by molar-refractivity contribution is -0.137. The molecule has 2 aliphatic rings. The van der Waals surface area contributed by atoms with Crippen LogP contribution < -0.4 is 10.6 Å². The smallest absolute Gasteiger partial charge is 0.384 e. The zero-order valence-corrected chi connectivity index (χ0v) is 17.8. The highest BCUT2D eigenvalue weighted by Crippen LogP contribution is 2.49. The maximum absolute atomic E-state index is 13.8. The van der Waals surface area contributed by atoms with Crippen molar-refractivity contribution in [2.24, 2.45) is 5.73 Å². The molecule has 2 aromatic rings. The number of benzene rings is 1. The minimum absolute atomic E-state index is 0.0547. The summed E-state index contributed by atoms with van der Waals surface area (Å²) in [5.41, 5.74) is 7.12. The molecule has 8 heteroatoms. The van der Waals surface area contributed by atoms with Crippen LogP contribution in [0.5, 0.6) is 0 Å². The van der Waals surface area contributed by atoms with Crippen molar-refractivity contribution >= 4 is 22.8 Å². The monoisotopic (exact) mass is 443 g/mol. The lowest BCUT2D eigenvalue weighted by Gasteiger charge is -2.40. The number of carbonyl (C=O) groups is 1. The lowest BCUT2D eigenvalue weighted by atomic mass is 9.75. The predicted octanol–water partition coefficient (Wildman–Crippen LogP) is 5.69. The van der Waals surface area contributed by atoms with Crippen LogP contribution in [-0.2, 0) is 11.0 Å². The van der Waals surface area contributed by atoms with Gasteiger partial charge in [-0.2, -0.15) is 18.4 Å². The third kappa shape index (κ3) is 3.43. The molecule has 1 aromatic heterocycles. The lowest BCUT2D eigenvalue weighted by Crippen LogP contribution is -2.39. The number of carbonyl (C=O) groups excluding carboxylic acids is 1. The zero-order chi connectivity index (χ0) is 22.5. The van der Waals surface area contributed by atoms with E-state index in [1.165, 1.54) is 23.1 Å². The van der Waals surface area contributed by atoms with Crippen molar-refractivity contribution in [1.82, 2.24) is 0 Å². The van der Waals surface area contributed by atoms with Crippen molar-refractivity contribution in [3.8, 4) is 6.07 Å². The number of hydrogen-bond donors (Lipinski definition) is 1. The Balaban J connectivity index is 2.03. The van der Waals surface area contributed by atoms with Crippen LogP contribution >= 0.6 is 11.3 Å². The molecule has 0 saturated carbocycles. The van der Waals surface area contributed by atoms with E-state index in [-0.39, 0.29) is 22.9 Å². The number of rotatable bonds is 2. The Kier molecular flexibility index (Phi) is 5.18. The van der Waals surface area contributed by atoms with Gasteiger partial charge in [-0.05, 0) is 50.5 Å². The van der Waals surface area contributed by atoms with Crippen LogP contribution in [0, 0.1) is 25.2 Å². The van der Waals surface area contributed by atoms with Crippen molar-refractivity contribution in [3.63, 3.8) is 0 Å². The fourth-order valence-corrected chi connectivity index (χ4v) is 5.48. The molecule has 0 fully saturated rings. The van der Waals surface area contributed by atoms with Crippen LogP contribution in [-0.4, -0.2) is 5.78 Å². The number of hydrogen-bond acceptors (Lipinski definition) is 5. The summed E-state index contributed by atoms with van der Waals surface area (Å²) in [5.74, 6) is -0.864. The largest absolute Gasteiger partial charge is 0.418 e. The van der Waals surface area contributed by atoms with Crippen molar-refractivity contribution in [1.29, 1.82) is 5.26 Å². The average molecular weight is 443 g/mol. The van der Waals surface area contributed by atoms with Gasteiger partial charge in [0.15, 0.2) is 5.78 Å². The molecule has 1 aromatic carbocycles. The number of allylic oxidation sites excluding steroid dienone is 3. The second-order valence-electron chi connectivity index (χ2n) is 7.70. The minimum Gasteiger partial charge on any atom is -0.384 e. The molecule has 0 bridgehead atoms. The molecule has 1 aliphatic carbocycles. The van der Waals surface area contributed by atoms with Gasteiger partial charge in [0.2, 0.25) is 0 Å². The Morgan fingerprint density at radius 1 is 1.23 bits per heavy atom. The Bertz CT molecular complexity index is 1180. The molecule has 2 N–H and O–H groups in total. The summed E-state index contributed by atoms with van der Waals surface area (Å²) in [7, 11) is 0. The maximum atomic E-state index is 13.8. The maximum Gasteiger partial charge on any atom is 0.418 e. The van der Waals surface area contributed by atoms with Crippen LogP contribution in [0.15, 0.2) is 53.0 Å². The first-order valence-electron chi connectivity index (χ1n) is 9.84. The fraction of sp³-hybridized carbons (Fsp3) is 0.304. The molecule has 2 heterocycles. The van der Waals surface area contributed by atoms with Crippen LogP contribution in [0.1, 0.15) is 46.1 Å². The van der Waals surface area contributed by atoms with Gasteiger partial charge in [0.25, 0.3) is 0 Å². The molecular formula is C23H20F3N3OS. The minimum atomic E-state index is -4.61. The van der Waals surface area contributed by atoms with E-state index in [1.54, 1.807) is 11.3 Å². The summed E-state index contributed by atoms with van der Waals surface area (Å²) in [6.45, 7) is 3.85. The predicted molar refractivity (Wildman–Crippen MR) is 113 cm³/mol. The second-order valence-corrected chi connectivity index (χ2v) is 9.16. The first-order valence-corrected chi connectivity index (χ1v) is 10.7. The number of nitrogens with zero attached hydrogens (tertiary/aromatic N) is 2. The van der Waals surface area contributed by atoms with Gasteiger partial charge < -0.3 is 5.73 Å². The van der Waals surface area contributed by atoms with Crippen LogP contribution in [0.25, 0.3) is 0 Å². The standard InChI is InChI=1S/C23H20F3N3OS/c1-12-10-14(13(2)31-12)20-15(11-27)22(28)29(18-8-5-9-19(30)21(18)20)17-7-4-3-6-16(17)23(24,25)26/h3-4,6-7,10,20H,5,8-9,28H2,1-2H3/t20-/m0/s1. The average Bonchev–Trinajstić information content (AvgIpc) is 3.04. The third-order valence-electron chi connectivity index (χ3n) is 5.75. The Hall–Kier alpha value is -3.05. The van der Waals surface area contributed by atoms with Crippen molar-refractivity contribution in [3.05, 3.63) is 73.9 Å². The van der Waals surface area contributed by atoms with E-state index in [9.17, 15) is 23.2 Å². The summed E-state index contributed by atoms with van der Waals surface area (Å²) >= 11 is 1.55. The second kappa shape index (κ2) is 7.57. The molecule has 31 heavy (non-hydrogen) atoms. The summed E-state index contributed by atoms with van der Waals surface area (Å²) in [4.78, 5) is 16.3. The van der Waals surface area contributed by atoms with Gasteiger partial charge in [-0.25, -0.2) is 0 Å². The summed E-state index contributed by atoms with van der Waals surface area (Å²) in [6.07, 6.45) is -3.39. The summed E-state index contributed by atoms with van der Waals surface area (Å²) < 4.78 is 41.3. The number of ketones is 1. The number of nitriles is 1. The van der Waals surface area contributed by atoms with Gasteiger partial charge in [-0.3, -0.25) is 9.69 Å². The van der Waals surface area contributed by atoms with E-state index < -0.39 is 17.7 Å². The van der Waals surface area contributed by atoms with Gasteiger partial charge in [-0.15, -0.1) is 11.3 Å². The molecule has 160 valence electrons. The summed E-state index contributed by atoms with van der Waals surface area (Å²) in [5, 5.41) is 9.99. The highest BCUT2D eigenvalue weighted by molar-refractivity contribution is 7.12. The molecule has 0 amide bonds. The number of nitrogens with two attached hydrogens (primary N) is 1. The summed E-state index contributed by atoms with van der Waals surface area (Å²) in [6, 6.07) is 9.15. The topological polar surface area (TPSA) is 70.1 Å². The quantitative estimate of drug-likeness (QED) is 0.648. The SMILES string of the molecule is Cc1cc([C@H]2C(C#N)=C(N)N(c3ccccc3C(F)(F)F)C3=C2C(=O)CCC3)c(C)s1. The number of para-hydroxylation sites is 1. The van der Waals surface area contributed by atoms with Crippen LogP contribution in [0.4, 0.5) is 18.9 Å². The highest BCUT2D eigenvalue weighted by Gasteiger charge is 2.43. The molecule has 0 spiro atoms. The number of halogens is 3. The third-order valence-corrected chi connectivity index (χ3v) is 6.74. The van der Waals surface area contributed by atoms with Crippen LogP contribution in [0.3, 0.4) is 0 Å². The molecule has 0 unspecified atom stereocenters. The van der Waals surface area contributed by atoms with E-state index in [0.717, 1.165) is 21.4 Å². The molecule has 4 rings (SSSR count). The van der Waals surface area contributed by atoms with E-state index in [4.69, 9.17) is 5.73 Å². The van der Waals surface area contributed by atoms with Gasteiger partial charge in [0, 0.05) is 27.4 Å². The molecule has 4 nitrogen and oxygen atoms in total. The number of aryl methyl sites for hydroxylation is 2. The first kappa shape index (κ1) is 21.2. The highest BCUT2D eigenvalue weighted by atomic mass is 32.1. The molecule has 1 aliphatic heterocycles. The van der Waals surface area contributed by atoms with Crippen LogP contribution in [0.2, 0.25) is 0 Å². The number of anilines is 1. The van der Waals surface area contributed by atoms with E-state index >= 15 is 0 Å². The Morgan fingerprint density at radius 3 is 2.55 bits per heavy atom. The van der Waals surface area contributed by atoms with Gasteiger partial charge >= 0.3 is 6.18 Å². The molecule has 1 atom stereocenters. The fourth-order valence-electron chi connectivity index (χ4n) is 4.52. The van der Waals surface area contributed by atoms with E-state index in [0.29, 0.717) is 30.5 Å². The number of alkyl halides is 3. The number of thiophene rings is 1. The Morgan fingerprint density at radius 2 is 1.94 bits per heavy atom. The molecule has 0 saturated heterocycles. The molecular weight excluding hydrogens is 423 g/mol. The zero-order valence-electron chi connectivity index (χ0n) is 17.0. The number of Topliss-reactive ketones (excluding diaryl/α,β-unsaturated/α-hetero) is 1. The van der Waals surface area contributed by atoms with Gasteiger partial charge in [-0.1, -0.05) is 12.1 Å². The van der Waals surface area contributed by atoms with Gasteiger partial charge in [0.1, 0.15) is 5.82 Å². The van der Waals surface area contributed by atoms with Gasteiger partial charge in [0.05, 0.1) is 28.8 Å². The Labute approximate surface area is 182 Å². The first-order chi connectivity index (χ1) is 14.6. The normalized spacial score (nSPS) is 19.5. The van der Waals surface area contributed by atoms with Crippen molar-refractivity contribution < 1.29 is 18.0 Å². The van der Waals surface area contributed by atoms with Crippen molar-refractivity contribution in [2.45, 2.75) is 45.2 Å². The van der Waals surface area contributed by atoms with Crippen molar-refractivity contribution in [2.75, 3.05) is 4.90 Å².